The zero-order chi connectivity index (χ0) is 17.9. The van der Waals surface area contributed by atoms with Crippen LogP contribution in [0, 0.1) is 0 Å². The van der Waals surface area contributed by atoms with Crippen molar-refractivity contribution in [1.29, 1.82) is 0 Å². The number of aromatic nitrogens is 3. The number of pyridine rings is 1. The minimum atomic E-state index is 0.172. The maximum atomic E-state index is 9.10. The Bertz CT molecular complexity index is 1020. The molecule has 26 heavy (non-hydrogen) atoms. The average Bonchev–Trinajstić information content (AvgIpc) is 3.07. The van der Waals surface area contributed by atoms with Crippen LogP contribution in [0.25, 0.3) is 27.8 Å². The molecule has 0 saturated carbocycles. The highest BCUT2D eigenvalue weighted by atomic mass is 16.2. The van der Waals surface area contributed by atoms with E-state index in [9.17, 15) is 0 Å². The van der Waals surface area contributed by atoms with Gasteiger partial charge in [-0.3, -0.25) is 9.55 Å². The fourth-order valence-corrected chi connectivity index (χ4v) is 3.32. The fraction of sp³-hybridized carbons (Fsp3) is 0.182. The van der Waals surface area contributed by atoms with Gasteiger partial charge in [0.25, 0.3) is 0 Å². The van der Waals surface area contributed by atoms with Crippen LogP contribution in [0.3, 0.4) is 0 Å². The molecule has 4 rings (SSSR count). The second-order valence-corrected chi connectivity index (χ2v) is 6.30. The number of nitrogens with zero attached hydrogens (tertiary/aromatic N) is 3. The molecule has 0 unspecified atom stereocenters. The van der Waals surface area contributed by atoms with Crippen LogP contribution in [0.1, 0.15) is 18.3 Å². The lowest BCUT2D eigenvalue weighted by molar-refractivity contribution is 0.299. The summed E-state index contributed by atoms with van der Waals surface area (Å²) >= 11 is 0. The highest BCUT2D eigenvalue weighted by Crippen LogP contribution is 2.27. The van der Waals surface area contributed by atoms with E-state index in [1.165, 1.54) is 0 Å². The van der Waals surface area contributed by atoms with Gasteiger partial charge in [0.1, 0.15) is 5.82 Å². The number of aliphatic hydroxyl groups is 1. The Morgan fingerprint density at radius 1 is 0.923 bits per heavy atom. The molecule has 0 atom stereocenters. The van der Waals surface area contributed by atoms with Crippen molar-refractivity contribution in [3.8, 4) is 16.8 Å². The maximum Gasteiger partial charge on any atom is 0.114 e. The molecule has 0 amide bonds. The van der Waals surface area contributed by atoms with Crippen molar-refractivity contribution < 1.29 is 5.11 Å². The molecule has 2 aromatic carbocycles. The lowest BCUT2D eigenvalue weighted by Gasteiger charge is -2.09. The maximum absolute atomic E-state index is 9.10. The first-order chi connectivity index (χ1) is 12.8. The van der Waals surface area contributed by atoms with Crippen molar-refractivity contribution >= 4 is 11.0 Å². The van der Waals surface area contributed by atoms with E-state index in [1.807, 2.05) is 24.5 Å². The molecule has 130 valence electrons. The zero-order valence-electron chi connectivity index (χ0n) is 14.8. The van der Waals surface area contributed by atoms with E-state index < -0.39 is 0 Å². The largest absolute Gasteiger partial charge is 0.396 e. The Morgan fingerprint density at radius 3 is 2.38 bits per heavy atom. The van der Waals surface area contributed by atoms with E-state index in [2.05, 4.69) is 58.9 Å². The van der Waals surface area contributed by atoms with E-state index in [1.54, 1.807) is 0 Å². The number of aliphatic hydroxyl groups excluding tert-OH is 1. The van der Waals surface area contributed by atoms with Crippen LogP contribution in [0.4, 0.5) is 0 Å². The molecule has 0 spiro atoms. The average molecular weight is 343 g/mol. The summed E-state index contributed by atoms with van der Waals surface area (Å²) in [6, 6.07) is 18.8. The molecule has 1 N–H and O–H groups in total. The summed E-state index contributed by atoms with van der Waals surface area (Å²) in [7, 11) is 0. The molecule has 0 bridgehead atoms. The van der Waals surface area contributed by atoms with Gasteiger partial charge < -0.3 is 5.11 Å². The Balaban J connectivity index is 1.81. The highest BCUT2D eigenvalue weighted by molar-refractivity contribution is 5.84. The lowest BCUT2D eigenvalue weighted by Crippen LogP contribution is -2.00. The second-order valence-electron chi connectivity index (χ2n) is 6.30. The van der Waals surface area contributed by atoms with Crippen molar-refractivity contribution in [3.05, 3.63) is 78.4 Å². The van der Waals surface area contributed by atoms with Gasteiger partial charge in [-0.25, -0.2) is 4.98 Å². The number of aryl methyl sites for hydroxylation is 1. The molecular formula is C22H21N3O. The standard InChI is InChI=1S/C22H21N3O/c1-2-22-24-20-15-18(17-9-12-23-13-10-17)5-8-21(20)25(22)19-6-3-16(4-7-19)11-14-26/h3-10,12-13,15,26H,2,11,14H2,1H3. The van der Waals surface area contributed by atoms with Gasteiger partial charge in [0.2, 0.25) is 0 Å². The van der Waals surface area contributed by atoms with Crippen LogP contribution in [0.2, 0.25) is 0 Å². The summed E-state index contributed by atoms with van der Waals surface area (Å²) in [6.45, 7) is 2.30. The minimum absolute atomic E-state index is 0.172. The quantitative estimate of drug-likeness (QED) is 0.591. The zero-order valence-corrected chi connectivity index (χ0v) is 14.8. The monoisotopic (exact) mass is 343 g/mol. The molecule has 0 aliphatic rings. The summed E-state index contributed by atoms with van der Waals surface area (Å²) in [4.78, 5) is 8.95. The number of hydrogen-bond donors (Lipinski definition) is 1. The van der Waals surface area contributed by atoms with E-state index in [0.717, 1.165) is 45.7 Å². The van der Waals surface area contributed by atoms with Crippen LogP contribution >= 0.6 is 0 Å². The molecular weight excluding hydrogens is 322 g/mol. The normalized spacial score (nSPS) is 11.2. The topological polar surface area (TPSA) is 50.9 Å². The summed E-state index contributed by atoms with van der Waals surface area (Å²) in [5.74, 6) is 1.04. The molecule has 0 saturated heterocycles. The Morgan fingerprint density at radius 2 is 1.69 bits per heavy atom. The molecule has 0 fully saturated rings. The lowest BCUT2D eigenvalue weighted by atomic mass is 10.1. The summed E-state index contributed by atoms with van der Waals surface area (Å²) in [5.41, 5.74) is 6.62. The van der Waals surface area contributed by atoms with Gasteiger partial charge in [-0.1, -0.05) is 25.1 Å². The summed E-state index contributed by atoms with van der Waals surface area (Å²) in [6.07, 6.45) is 5.16. The smallest absolute Gasteiger partial charge is 0.114 e. The SMILES string of the molecule is CCc1nc2cc(-c3ccncc3)ccc2n1-c1ccc(CCO)cc1. The third-order valence-corrected chi connectivity index (χ3v) is 4.65. The van der Waals surface area contributed by atoms with Gasteiger partial charge in [0.15, 0.2) is 0 Å². The van der Waals surface area contributed by atoms with Crippen molar-refractivity contribution in [2.75, 3.05) is 6.61 Å². The van der Waals surface area contributed by atoms with Crippen LogP contribution in [0.15, 0.2) is 67.0 Å². The van der Waals surface area contributed by atoms with Crippen molar-refractivity contribution in [1.82, 2.24) is 14.5 Å². The van der Waals surface area contributed by atoms with Crippen molar-refractivity contribution in [2.45, 2.75) is 19.8 Å². The van der Waals surface area contributed by atoms with Gasteiger partial charge in [-0.05, 0) is 59.5 Å². The van der Waals surface area contributed by atoms with Crippen LogP contribution in [-0.2, 0) is 12.8 Å². The fourth-order valence-electron chi connectivity index (χ4n) is 3.32. The number of imidazole rings is 1. The van der Waals surface area contributed by atoms with Crippen molar-refractivity contribution in [2.24, 2.45) is 0 Å². The first kappa shape index (κ1) is 16.5. The molecule has 4 nitrogen and oxygen atoms in total. The Labute approximate surface area is 152 Å². The van der Waals surface area contributed by atoms with Crippen LogP contribution in [-0.4, -0.2) is 26.2 Å². The van der Waals surface area contributed by atoms with Crippen LogP contribution < -0.4 is 0 Å². The molecule has 0 aliphatic heterocycles. The second kappa shape index (κ2) is 7.10. The van der Waals surface area contributed by atoms with Gasteiger partial charge in [-0.15, -0.1) is 0 Å². The molecule has 4 heteroatoms. The number of benzene rings is 2. The summed E-state index contributed by atoms with van der Waals surface area (Å²) < 4.78 is 2.22. The first-order valence-electron chi connectivity index (χ1n) is 8.92. The van der Waals surface area contributed by atoms with Crippen molar-refractivity contribution in [3.63, 3.8) is 0 Å². The van der Waals surface area contributed by atoms with E-state index in [-0.39, 0.29) is 6.61 Å². The molecule has 4 aromatic rings. The predicted molar refractivity (Wildman–Crippen MR) is 104 cm³/mol. The number of hydrogen-bond acceptors (Lipinski definition) is 3. The van der Waals surface area contributed by atoms with E-state index in [4.69, 9.17) is 10.1 Å². The van der Waals surface area contributed by atoms with E-state index >= 15 is 0 Å². The first-order valence-corrected chi connectivity index (χ1v) is 8.92. The predicted octanol–water partition coefficient (Wildman–Crippen LogP) is 4.18. The van der Waals surface area contributed by atoms with Gasteiger partial charge >= 0.3 is 0 Å². The Kier molecular flexibility index (Phi) is 4.50. The van der Waals surface area contributed by atoms with Gasteiger partial charge in [-0.2, -0.15) is 0 Å². The minimum Gasteiger partial charge on any atom is -0.396 e. The molecule has 2 aromatic heterocycles. The number of rotatable bonds is 5. The third-order valence-electron chi connectivity index (χ3n) is 4.65. The van der Waals surface area contributed by atoms with Gasteiger partial charge in [0.05, 0.1) is 11.0 Å². The molecule has 0 radical (unpaired) electrons. The summed E-state index contributed by atoms with van der Waals surface area (Å²) in [5, 5.41) is 9.10. The highest BCUT2D eigenvalue weighted by Gasteiger charge is 2.12. The van der Waals surface area contributed by atoms with Crippen LogP contribution in [0.5, 0.6) is 0 Å². The molecule has 0 aliphatic carbocycles. The number of fused-ring (bicyclic) bond motifs is 1. The van der Waals surface area contributed by atoms with Gasteiger partial charge in [0, 0.05) is 31.1 Å². The Hall–Kier alpha value is -2.98. The van der Waals surface area contributed by atoms with E-state index in [0.29, 0.717) is 6.42 Å². The third kappa shape index (κ3) is 3.00. The molecule has 2 heterocycles.